The van der Waals surface area contributed by atoms with Crippen LogP contribution in [-0.4, -0.2) is 17.3 Å². The van der Waals surface area contributed by atoms with E-state index in [9.17, 15) is 14.4 Å². The SMILES string of the molecule is CCCCCCCC(=O)C1(C(=O)CCCCCCC)C=CCC1=O. The molecule has 0 aromatic heterocycles. The maximum Gasteiger partial charge on any atom is 0.164 e. The number of ketones is 3. The lowest BCUT2D eigenvalue weighted by atomic mass is 9.74. The Balaban J connectivity index is 2.56. The number of hydrogen-bond donors (Lipinski definition) is 0. The van der Waals surface area contributed by atoms with Crippen molar-refractivity contribution in [2.24, 2.45) is 5.41 Å². The molecule has 0 unspecified atom stereocenters. The molecule has 0 heterocycles. The predicted molar refractivity (Wildman–Crippen MR) is 98.0 cm³/mol. The number of carbonyl (C=O) groups excluding carboxylic acids is 3. The largest absolute Gasteiger partial charge is 0.298 e. The number of allylic oxidation sites excluding steroid dienone is 2. The Kier molecular flexibility index (Phi) is 9.82. The van der Waals surface area contributed by atoms with Gasteiger partial charge >= 0.3 is 0 Å². The Hall–Kier alpha value is -1.25. The Bertz CT molecular complexity index is 422. The predicted octanol–water partition coefficient (Wildman–Crippen LogP) is 5.36. The minimum atomic E-state index is -1.44. The Morgan fingerprint density at radius 2 is 1.29 bits per heavy atom. The molecule has 0 aromatic rings. The van der Waals surface area contributed by atoms with Crippen LogP contribution in [0.4, 0.5) is 0 Å². The van der Waals surface area contributed by atoms with Gasteiger partial charge in [-0.15, -0.1) is 0 Å². The minimum absolute atomic E-state index is 0.170. The van der Waals surface area contributed by atoms with Crippen LogP contribution in [0, 0.1) is 5.41 Å². The molecule has 3 nitrogen and oxygen atoms in total. The summed E-state index contributed by atoms with van der Waals surface area (Å²) in [5, 5.41) is 0. The molecule has 0 radical (unpaired) electrons. The maximum atomic E-state index is 12.7. The van der Waals surface area contributed by atoms with Gasteiger partial charge in [-0.05, 0) is 12.8 Å². The van der Waals surface area contributed by atoms with Crippen molar-refractivity contribution in [1.29, 1.82) is 0 Å². The highest BCUT2D eigenvalue weighted by Crippen LogP contribution is 2.34. The molecule has 0 saturated heterocycles. The van der Waals surface area contributed by atoms with E-state index in [1.807, 2.05) is 0 Å². The second-order valence-electron chi connectivity index (χ2n) is 7.01. The highest BCUT2D eigenvalue weighted by molar-refractivity contribution is 6.27. The standard InChI is InChI=1S/C21H34O3/c1-3-5-7-9-11-14-18(22)21(17-13-16-20(21)24)19(23)15-12-10-8-6-4-2/h13,17H,3-12,14-16H2,1-2H3. The van der Waals surface area contributed by atoms with Gasteiger partial charge in [-0.2, -0.15) is 0 Å². The first-order valence-corrected chi connectivity index (χ1v) is 9.87. The summed E-state index contributed by atoms with van der Waals surface area (Å²) in [5.74, 6) is -0.549. The van der Waals surface area contributed by atoms with E-state index >= 15 is 0 Å². The summed E-state index contributed by atoms with van der Waals surface area (Å²) in [4.78, 5) is 37.7. The summed E-state index contributed by atoms with van der Waals surface area (Å²) in [7, 11) is 0. The van der Waals surface area contributed by atoms with Gasteiger partial charge in [0.2, 0.25) is 0 Å². The molecule has 0 fully saturated rings. The zero-order valence-corrected chi connectivity index (χ0v) is 15.6. The number of rotatable bonds is 14. The second kappa shape index (κ2) is 11.3. The lowest BCUT2D eigenvalue weighted by molar-refractivity contribution is -0.144. The average molecular weight is 334 g/mol. The monoisotopic (exact) mass is 334 g/mol. The summed E-state index contributed by atoms with van der Waals surface area (Å²) >= 11 is 0. The van der Waals surface area contributed by atoms with Gasteiger partial charge in [0.1, 0.15) is 0 Å². The summed E-state index contributed by atoms with van der Waals surface area (Å²) < 4.78 is 0. The molecule has 1 rings (SSSR count). The Morgan fingerprint density at radius 1 is 0.833 bits per heavy atom. The molecule has 0 saturated carbocycles. The zero-order chi connectivity index (χ0) is 17.8. The zero-order valence-electron chi connectivity index (χ0n) is 15.6. The molecule has 0 aromatic carbocycles. The van der Waals surface area contributed by atoms with Crippen molar-refractivity contribution < 1.29 is 14.4 Å². The van der Waals surface area contributed by atoms with Crippen molar-refractivity contribution >= 4 is 17.3 Å². The molecule has 0 atom stereocenters. The van der Waals surface area contributed by atoms with Gasteiger partial charge in [0.15, 0.2) is 22.8 Å². The van der Waals surface area contributed by atoms with Crippen molar-refractivity contribution in [1.82, 2.24) is 0 Å². The first-order valence-electron chi connectivity index (χ1n) is 9.87. The van der Waals surface area contributed by atoms with Crippen LogP contribution in [0.1, 0.15) is 97.3 Å². The fourth-order valence-corrected chi connectivity index (χ4v) is 3.42. The van der Waals surface area contributed by atoms with Crippen molar-refractivity contribution in [2.75, 3.05) is 0 Å². The molecular formula is C21H34O3. The normalized spacial score (nSPS) is 15.8. The van der Waals surface area contributed by atoms with Crippen LogP contribution in [0.25, 0.3) is 0 Å². The van der Waals surface area contributed by atoms with Crippen molar-refractivity contribution in [2.45, 2.75) is 97.3 Å². The first kappa shape index (κ1) is 20.8. The fraction of sp³-hybridized carbons (Fsp3) is 0.762. The number of unbranched alkanes of at least 4 members (excludes halogenated alkanes) is 8. The molecule has 0 aliphatic heterocycles. The molecule has 0 bridgehead atoms. The van der Waals surface area contributed by atoms with Crippen LogP contribution in [0.2, 0.25) is 0 Å². The van der Waals surface area contributed by atoms with E-state index in [1.165, 1.54) is 12.8 Å². The third kappa shape index (κ3) is 5.68. The van der Waals surface area contributed by atoms with Crippen LogP contribution in [0.15, 0.2) is 12.2 Å². The molecular weight excluding hydrogens is 300 g/mol. The topological polar surface area (TPSA) is 51.2 Å². The van der Waals surface area contributed by atoms with Gasteiger partial charge in [-0.25, -0.2) is 0 Å². The van der Waals surface area contributed by atoms with Gasteiger partial charge in [0, 0.05) is 19.3 Å². The van der Waals surface area contributed by atoms with Crippen LogP contribution in [0.5, 0.6) is 0 Å². The lowest BCUT2D eigenvalue weighted by Crippen LogP contribution is -2.42. The molecule has 136 valence electrons. The molecule has 1 aliphatic rings. The van der Waals surface area contributed by atoms with E-state index in [-0.39, 0.29) is 23.8 Å². The number of Topliss-reactive ketones (excluding diaryl/α,β-unsaturated/α-hetero) is 3. The summed E-state index contributed by atoms with van der Waals surface area (Å²) in [6.07, 6.45) is 14.7. The third-order valence-corrected chi connectivity index (χ3v) is 5.01. The molecule has 0 N–H and O–H groups in total. The Labute approximate surface area is 147 Å². The molecule has 3 heteroatoms. The molecule has 1 aliphatic carbocycles. The summed E-state index contributed by atoms with van der Waals surface area (Å²) in [5.41, 5.74) is -1.44. The highest BCUT2D eigenvalue weighted by Gasteiger charge is 2.49. The van der Waals surface area contributed by atoms with Crippen LogP contribution in [0.3, 0.4) is 0 Å². The van der Waals surface area contributed by atoms with Gasteiger partial charge in [0.25, 0.3) is 0 Å². The van der Waals surface area contributed by atoms with Gasteiger partial charge < -0.3 is 0 Å². The van der Waals surface area contributed by atoms with Crippen molar-refractivity contribution in [3.05, 3.63) is 12.2 Å². The van der Waals surface area contributed by atoms with Gasteiger partial charge in [-0.3, -0.25) is 14.4 Å². The second-order valence-corrected chi connectivity index (χ2v) is 7.01. The highest BCUT2D eigenvalue weighted by atomic mass is 16.2. The van der Waals surface area contributed by atoms with Gasteiger partial charge in [0.05, 0.1) is 0 Å². The van der Waals surface area contributed by atoms with Crippen LogP contribution < -0.4 is 0 Å². The number of hydrogen-bond acceptors (Lipinski definition) is 3. The molecule has 0 amide bonds. The lowest BCUT2D eigenvalue weighted by Gasteiger charge is -2.23. The van der Waals surface area contributed by atoms with Crippen LogP contribution in [-0.2, 0) is 14.4 Å². The fourth-order valence-electron chi connectivity index (χ4n) is 3.42. The van der Waals surface area contributed by atoms with Crippen molar-refractivity contribution in [3.63, 3.8) is 0 Å². The van der Waals surface area contributed by atoms with E-state index in [4.69, 9.17) is 0 Å². The van der Waals surface area contributed by atoms with E-state index in [0.29, 0.717) is 12.8 Å². The third-order valence-electron chi connectivity index (χ3n) is 5.01. The smallest absolute Gasteiger partial charge is 0.164 e. The maximum absolute atomic E-state index is 12.7. The average Bonchev–Trinajstić information content (AvgIpc) is 2.96. The summed E-state index contributed by atoms with van der Waals surface area (Å²) in [6.45, 7) is 4.31. The van der Waals surface area contributed by atoms with E-state index in [0.717, 1.165) is 51.4 Å². The Morgan fingerprint density at radius 3 is 1.67 bits per heavy atom. The quantitative estimate of drug-likeness (QED) is 0.244. The van der Waals surface area contributed by atoms with E-state index in [2.05, 4.69) is 13.8 Å². The minimum Gasteiger partial charge on any atom is -0.298 e. The van der Waals surface area contributed by atoms with Crippen molar-refractivity contribution in [3.8, 4) is 0 Å². The molecule has 0 spiro atoms. The van der Waals surface area contributed by atoms with E-state index < -0.39 is 5.41 Å². The first-order chi connectivity index (χ1) is 11.6. The summed E-state index contributed by atoms with van der Waals surface area (Å²) in [6, 6.07) is 0. The van der Waals surface area contributed by atoms with Crippen LogP contribution >= 0.6 is 0 Å². The number of carbonyl (C=O) groups is 3. The van der Waals surface area contributed by atoms with Gasteiger partial charge in [-0.1, -0.05) is 77.4 Å². The molecule has 24 heavy (non-hydrogen) atoms. The van der Waals surface area contributed by atoms with E-state index in [1.54, 1.807) is 12.2 Å².